The summed E-state index contributed by atoms with van der Waals surface area (Å²) < 4.78 is 7.92. The van der Waals surface area contributed by atoms with Gasteiger partial charge in [-0.05, 0) is 19.3 Å². The first-order valence-corrected chi connectivity index (χ1v) is 8.49. The SMILES string of the molecule is O=C(NC1COC2(CCCCC2)C1)c1cn2ccsc2n1. The van der Waals surface area contributed by atoms with E-state index in [1.807, 2.05) is 16.0 Å². The highest BCUT2D eigenvalue weighted by molar-refractivity contribution is 7.15. The molecule has 1 saturated carbocycles. The summed E-state index contributed by atoms with van der Waals surface area (Å²) in [7, 11) is 0. The van der Waals surface area contributed by atoms with Gasteiger partial charge in [-0.15, -0.1) is 11.3 Å². The van der Waals surface area contributed by atoms with Crippen molar-refractivity contribution in [2.45, 2.75) is 50.2 Å². The van der Waals surface area contributed by atoms with E-state index in [0.717, 1.165) is 24.2 Å². The molecule has 1 saturated heterocycles. The van der Waals surface area contributed by atoms with E-state index in [4.69, 9.17) is 4.74 Å². The first kappa shape index (κ1) is 13.3. The van der Waals surface area contributed by atoms with E-state index in [9.17, 15) is 4.79 Å². The van der Waals surface area contributed by atoms with Crippen molar-refractivity contribution < 1.29 is 9.53 Å². The van der Waals surface area contributed by atoms with Gasteiger partial charge in [0, 0.05) is 17.8 Å². The quantitative estimate of drug-likeness (QED) is 0.928. The van der Waals surface area contributed by atoms with Crippen LogP contribution in [0, 0.1) is 0 Å². The van der Waals surface area contributed by atoms with Crippen LogP contribution in [0.25, 0.3) is 4.96 Å². The van der Waals surface area contributed by atoms with E-state index >= 15 is 0 Å². The normalized spacial score (nSPS) is 24.7. The van der Waals surface area contributed by atoms with Gasteiger partial charge >= 0.3 is 0 Å². The number of thiazole rings is 1. The maximum absolute atomic E-state index is 12.3. The lowest BCUT2D eigenvalue weighted by Gasteiger charge is -2.32. The minimum absolute atomic E-state index is 0.0325. The van der Waals surface area contributed by atoms with Crippen LogP contribution in [0.3, 0.4) is 0 Å². The molecule has 3 heterocycles. The van der Waals surface area contributed by atoms with Gasteiger partial charge in [-0.25, -0.2) is 4.98 Å². The fraction of sp³-hybridized carbons (Fsp3) is 0.600. The molecule has 1 aliphatic heterocycles. The number of rotatable bonds is 2. The van der Waals surface area contributed by atoms with Crippen LogP contribution in [-0.4, -0.2) is 33.5 Å². The first-order valence-electron chi connectivity index (χ1n) is 7.61. The Hall–Kier alpha value is -1.40. The number of ether oxygens (including phenoxy) is 1. The van der Waals surface area contributed by atoms with Gasteiger partial charge in [0.1, 0.15) is 5.69 Å². The fourth-order valence-electron chi connectivity index (χ4n) is 3.58. The lowest BCUT2D eigenvalue weighted by molar-refractivity contribution is -0.0246. The van der Waals surface area contributed by atoms with Crippen molar-refractivity contribution in [3.63, 3.8) is 0 Å². The van der Waals surface area contributed by atoms with Gasteiger partial charge < -0.3 is 10.1 Å². The predicted octanol–water partition coefficient (Wildman–Crippen LogP) is 2.62. The molecule has 0 radical (unpaired) electrons. The number of amides is 1. The van der Waals surface area contributed by atoms with Gasteiger partial charge in [0.25, 0.3) is 5.91 Å². The number of hydrogen-bond acceptors (Lipinski definition) is 4. The average Bonchev–Trinajstić information content (AvgIpc) is 3.15. The smallest absolute Gasteiger partial charge is 0.271 e. The topological polar surface area (TPSA) is 55.6 Å². The molecule has 2 aromatic rings. The number of carbonyl (C=O) groups is 1. The lowest BCUT2D eigenvalue weighted by atomic mass is 9.82. The predicted molar refractivity (Wildman–Crippen MR) is 80.7 cm³/mol. The van der Waals surface area contributed by atoms with E-state index < -0.39 is 0 Å². The Bertz CT molecular complexity index is 628. The molecule has 2 fully saturated rings. The van der Waals surface area contributed by atoms with Gasteiger partial charge in [-0.2, -0.15) is 0 Å². The number of carbonyl (C=O) groups excluding carboxylic acids is 1. The molecule has 1 amide bonds. The van der Waals surface area contributed by atoms with Crippen LogP contribution >= 0.6 is 11.3 Å². The average molecular weight is 305 g/mol. The van der Waals surface area contributed by atoms with Crippen LogP contribution in [0.1, 0.15) is 49.0 Å². The van der Waals surface area contributed by atoms with E-state index in [0.29, 0.717) is 12.3 Å². The summed E-state index contributed by atoms with van der Waals surface area (Å²) >= 11 is 1.53. The first-order chi connectivity index (χ1) is 10.2. The zero-order valence-corrected chi connectivity index (χ0v) is 12.7. The molecule has 5 nitrogen and oxygen atoms in total. The second-order valence-electron chi connectivity index (χ2n) is 6.15. The maximum Gasteiger partial charge on any atom is 0.271 e. The summed E-state index contributed by atoms with van der Waals surface area (Å²) in [5.74, 6) is -0.0904. The summed E-state index contributed by atoms with van der Waals surface area (Å²) in [6, 6.07) is 0.121. The van der Waals surface area contributed by atoms with Gasteiger partial charge in [0.2, 0.25) is 0 Å². The molecule has 2 aliphatic rings. The van der Waals surface area contributed by atoms with Crippen LogP contribution < -0.4 is 5.32 Å². The number of aromatic nitrogens is 2. The molecule has 4 rings (SSSR count). The second kappa shape index (κ2) is 5.10. The van der Waals surface area contributed by atoms with E-state index in [1.54, 1.807) is 6.20 Å². The molecule has 2 aromatic heterocycles. The summed E-state index contributed by atoms with van der Waals surface area (Å²) in [6.45, 7) is 0.633. The Kier molecular flexibility index (Phi) is 3.23. The van der Waals surface area contributed by atoms with E-state index in [2.05, 4.69) is 10.3 Å². The Morgan fingerprint density at radius 2 is 2.29 bits per heavy atom. The molecule has 6 heteroatoms. The Balaban J connectivity index is 1.42. The highest BCUT2D eigenvalue weighted by Crippen LogP contribution is 2.39. The van der Waals surface area contributed by atoms with Crippen molar-refractivity contribution in [2.24, 2.45) is 0 Å². The molecule has 1 atom stereocenters. The highest BCUT2D eigenvalue weighted by atomic mass is 32.1. The summed E-state index contributed by atoms with van der Waals surface area (Å²) in [5, 5.41) is 5.04. The third-order valence-corrected chi connectivity index (χ3v) is 5.41. The number of nitrogens with zero attached hydrogens (tertiary/aromatic N) is 2. The van der Waals surface area contributed by atoms with Gasteiger partial charge in [0.05, 0.1) is 18.2 Å². The molecular formula is C15H19N3O2S. The van der Waals surface area contributed by atoms with Crippen molar-refractivity contribution in [3.8, 4) is 0 Å². The van der Waals surface area contributed by atoms with Crippen molar-refractivity contribution in [1.29, 1.82) is 0 Å². The van der Waals surface area contributed by atoms with E-state index in [1.165, 1.54) is 30.6 Å². The fourth-order valence-corrected chi connectivity index (χ4v) is 4.28. The minimum atomic E-state index is -0.0904. The number of hydrogen-bond donors (Lipinski definition) is 1. The van der Waals surface area contributed by atoms with Crippen molar-refractivity contribution in [1.82, 2.24) is 14.7 Å². The molecule has 112 valence electrons. The van der Waals surface area contributed by atoms with Crippen molar-refractivity contribution >= 4 is 22.2 Å². The lowest BCUT2D eigenvalue weighted by Crippen LogP contribution is -2.37. The third kappa shape index (κ3) is 2.46. The molecule has 1 unspecified atom stereocenters. The minimum Gasteiger partial charge on any atom is -0.373 e. The van der Waals surface area contributed by atoms with Gasteiger partial charge in [-0.3, -0.25) is 9.20 Å². The van der Waals surface area contributed by atoms with Crippen LogP contribution in [0.15, 0.2) is 17.8 Å². The Morgan fingerprint density at radius 3 is 3.10 bits per heavy atom. The monoisotopic (exact) mass is 305 g/mol. The summed E-state index contributed by atoms with van der Waals surface area (Å²) in [6.07, 6.45) is 10.7. The zero-order chi connectivity index (χ0) is 14.3. The van der Waals surface area contributed by atoms with Crippen molar-refractivity contribution in [3.05, 3.63) is 23.5 Å². The van der Waals surface area contributed by atoms with Gasteiger partial charge in [-0.1, -0.05) is 19.3 Å². The number of fused-ring (bicyclic) bond motifs is 1. The van der Waals surface area contributed by atoms with Gasteiger partial charge in [0.15, 0.2) is 4.96 Å². The van der Waals surface area contributed by atoms with E-state index in [-0.39, 0.29) is 17.6 Å². The number of imidazole rings is 1. The molecule has 21 heavy (non-hydrogen) atoms. The zero-order valence-electron chi connectivity index (χ0n) is 11.9. The molecule has 0 bridgehead atoms. The Morgan fingerprint density at radius 1 is 1.43 bits per heavy atom. The molecule has 0 aromatic carbocycles. The second-order valence-corrected chi connectivity index (χ2v) is 7.02. The summed E-state index contributed by atoms with van der Waals surface area (Å²) in [4.78, 5) is 17.5. The Labute approximate surface area is 127 Å². The highest BCUT2D eigenvalue weighted by Gasteiger charge is 2.41. The molecular weight excluding hydrogens is 286 g/mol. The van der Waals surface area contributed by atoms with Crippen LogP contribution in [-0.2, 0) is 4.74 Å². The van der Waals surface area contributed by atoms with Crippen LogP contribution in [0.4, 0.5) is 0 Å². The third-order valence-electron chi connectivity index (χ3n) is 4.64. The van der Waals surface area contributed by atoms with Crippen LogP contribution in [0.2, 0.25) is 0 Å². The largest absolute Gasteiger partial charge is 0.373 e. The summed E-state index contributed by atoms with van der Waals surface area (Å²) in [5.41, 5.74) is 0.525. The van der Waals surface area contributed by atoms with Crippen LogP contribution in [0.5, 0.6) is 0 Å². The molecule has 1 spiro atoms. The standard InChI is InChI=1S/C15H19N3O2S/c19-13(12-9-18-6-7-21-14(18)17-12)16-11-8-15(20-10-11)4-2-1-3-5-15/h6-7,9,11H,1-5,8,10H2,(H,16,19). The molecule has 1 aliphatic carbocycles. The molecule has 1 N–H and O–H groups in total. The number of nitrogens with one attached hydrogen (secondary N) is 1. The maximum atomic E-state index is 12.3. The van der Waals surface area contributed by atoms with Crippen molar-refractivity contribution in [2.75, 3.05) is 6.61 Å².